The predicted molar refractivity (Wildman–Crippen MR) is 75.6 cm³/mol. The Kier molecular flexibility index (Phi) is 4.16. The standard InChI is InChI=1S/C15H13NOS/c1-2-12-4-3-5-14(10-12)16-15(17)7-6-13-8-9-18-11-13/h1,3-5,8-11H,6-7H2,(H,16,17). The van der Waals surface area contributed by atoms with Gasteiger partial charge in [0.2, 0.25) is 5.91 Å². The molecule has 2 nitrogen and oxygen atoms in total. The predicted octanol–water partition coefficient (Wildman–Crippen LogP) is 3.30. The zero-order valence-corrected chi connectivity index (χ0v) is 10.7. The van der Waals surface area contributed by atoms with Gasteiger partial charge in [-0.3, -0.25) is 4.79 Å². The van der Waals surface area contributed by atoms with Crippen LogP contribution < -0.4 is 5.32 Å². The van der Waals surface area contributed by atoms with E-state index in [1.165, 1.54) is 5.56 Å². The zero-order chi connectivity index (χ0) is 12.8. The van der Waals surface area contributed by atoms with E-state index in [9.17, 15) is 4.79 Å². The third-order valence-corrected chi connectivity index (χ3v) is 3.27. The first-order chi connectivity index (χ1) is 8.78. The highest BCUT2D eigenvalue weighted by Crippen LogP contribution is 2.12. The van der Waals surface area contributed by atoms with E-state index < -0.39 is 0 Å². The Morgan fingerprint density at radius 3 is 3.00 bits per heavy atom. The van der Waals surface area contributed by atoms with Gasteiger partial charge in [-0.05, 0) is 47.0 Å². The van der Waals surface area contributed by atoms with Crippen molar-refractivity contribution in [3.05, 3.63) is 52.2 Å². The molecule has 0 fully saturated rings. The second-order valence-electron chi connectivity index (χ2n) is 3.90. The normalized spacial score (nSPS) is 9.72. The van der Waals surface area contributed by atoms with Crippen LogP contribution in [0.5, 0.6) is 0 Å². The van der Waals surface area contributed by atoms with Crippen LogP contribution in [0.1, 0.15) is 17.5 Å². The van der Waals surface area contributed by atoms with Crippen LogP contribution in [0.4, 0.5) is 5.69 Å². The summed E-state index contributed by atoms with van der Waals surface area (Å²) in [5.74, 6) is 2.55. The van der Waals surface area contributed by atoms with Crippen molar-refractivity contribution in [2.75, 3.05) is 5.32 Å². The summed E-state index contributed by atoms with van der Waals surface area (Å²) < 4.78 is 0. The fourth-order valence-electron chi connectivity index (χ4n) is 1.60. The number of hydrogen-bond acceptors (Lipinski definition) is 2. The van der Waals surface area contributed by atoms with Crippen molar-refractivity contribution < 1.29 is 4.79 Å². The topological polar surface area (TPSA) is 29.1 Å². The molecule has 0 aliphatic heterocycles. The van der Waals surface area contributed by atoms with Gasteiger partial charge < -0.3 is 5.32 Å². The maximum Gasteiger partial charge on any atom is 0.224 e. The number of nitrogens with one attached hydrogen (secondary N) is 1. The zero-order valence-electron chi connectivity index (χ0n) is 9.85. The molecule has 2 aromatic rings. The highest BCUT2D eigenvalue weighted by Gasteiger charge is 2.03. The monoisotopic (exact) mass is 255 g/mol. The highest BCUT2D eigenvalue weighted by atomic mass is 32.1. The summed E-state index contributed by atoms with van der Waals surface area (Å²) in [4.78, 5) is 11.7. The first kappa shape index (κ1) is 12.4. The van der Waals surface area contributed by atoms with Gasteiger partial charge in [-0.2, -0.15) is 11.3 Å². The van der Waals surface area contributed by atoms with Crippen LogP contribution in [-0.4, -0.2) is 5.91 Å². The number of amides is 1. The van der Waals surface area contributed by atoms with E-state index in [4.69, 9.17) is 6.42 Å². The van der Waals surface area contributed by atoms with E-state index in [1.54, 1.807) is 17.4 Å². The molecule has 0 unspecified atom stereocenters. The van der Waals surface area contributed by atoms with Gasteiger partial charge in [0.1, 0.15) is 0 Å². The fraction of sp³-hybridized carbons (Fsp3) is 0.133. The van der Waals surface area contributed by atoms with Gasteiger partial charge in [-0.1, -0.05) is 12.0 Å². The molecule has 1 amide bonds. The Labute approximate surface area is 111 Å². The van der Waals surface area contributed by atoms with Gasteiger partial charge in [0, 0.05) is 17.7 Å². The van der Waals surface area contributed by atoms with E-state index >= 15 is 0 Å². The molecule has 1 aromatic carbocycles. The molecule has 0 spiro atoms. The van der Waals surface area contributed by atoms with E-state index in [0.717, 1.165) is 17.7 Å². The Morgan fingerprint density at radius 2 is 2.28 bits per heavy atom. The van der Waals surface area contributed by atoms with Crippen LogP contribution in [0.3, 0.4) is 0 Å². The lowest BCUT2D eigenvalue weighted by Gasteiger charge is -2.05. The molecule has 0 aliphatic rings. The van der Waals surface area contributed by atoms with Gasteiger partial charge in [0.05, 0.1) is 0 Å². The van der Waals surface area contributed by atoms with Crippen LogP contribution in [0, 0.1) is 12.3 Å². The Hall–Kier alpha value is -2.05. The molecule has 0 saturated carbocycles. The average Bonchev–Trinajstić information content (AvgIpc) is 2.90. The minimum atomic E-state index is 0.00960. The molecule has 0 radical (unpaired) electrons. The van der Waals surface area contributed by atoms with Gasteiger partial charge in [0.15, 0.2) is 0 Å². The molecule has 0 saturated heterocycles. The first-order valence-electron chi connectivity index (χ1n) is 5.65. The van der Waals surface area contributed by atoms with E-state index in [2.05, 4.69) is 16.6 Å². The van der Waals surface area contributed by atoms with Gasteiger partial charge in [0.25, 0.3) is 0 Å². The Morgan fingerprint density at radius 1 is 1.39 bits per heavy atom. The lowest BCUT2D eigenvalue weighted by Crippen LogP contribution is -2.12. The van der Waals surface area contributed by atoms with Crippen molar-refractivity contribution in [1.29, 1.82) is 0 Å². The maximum absolute atomic E-state index is 11.7. The molecular formula is C15H13NOS. The average molecular weight is 255 g/mol. The molecule has 2 rings (SSSR count). The fourth-order valence-corrected chi connectivity index (χ4v) is 2.31. The van der Waals surface area contributed by atoms with Crippen molar-refractivity contribution in [2.45, 2.75) is 12.8 Å². The quantitative estimate of drug-likeness (QED) is 0.834. The smallest absolute Gasteiger partial charge is 0.224 e. The van der Waals surface area contributed by atoms with E-state index in [-0.39, 0.29) is 5.91 Å². The second kappa shape index (κ2) is 6.04. The van der Waals surface area contributed by atoms with Gasteiger partial charge in [-0.15, -0.1) is 6.42 Å². The molecule has 1 N–H and O–H groups in total. The molecule has 0 bridgehead atoms. The number of thiophene rings is 1. The summed E-state index contributed by atoms with van der Waals surface area (Å²) in [7, 11) is 0. The minimum Gasteiger partial charge on any atom is -0.326 e. The van der Waals surface area contributed by atoms with Crippen LogP contribution in [0.25, 0.3) is 0 Å². The second-order valence-corrected chi connectivity index (χ2v) is 4.68. The summed E-state index contributed by atoms with van der Waals surface area (Å²) in [6.45, 7) is 0. The summed E-state index contributed by atoms with van der Waals surface area (Å²) >= 11 is 1.65. The molecular weight excluding hydrogens is 242 g/mol. The molecule has 18 heavy (non-hydrogen) atoms. The summed E-state index contributed by atoms with van der Waals surface area (Å²) in [6, 6.07) is 9.34. The first-order valence-corrected chi connectivity index (χ1v) is 6.60. The largest absolute Gasteiger partial charge is 0.326 e. The van der Waals surface area contributed by atoms with Crippen LogP contribution in [0.15, 0.2) is 41.1 Å². The van der Waals surface area contributed by atoms with Crippen molar-refractivity contribution in [1.82, 2.24) is 0 Å². The molecule has 0 atom stereocenters. The molecule has 0 aliphatic carbocycles. The van der Waals surface area contributed by atoms with Crippen LogP contribution >= 0.6 is 11.3 Å². The number of hydrogen-bond donors (Lipinski definition) is 1. The number of terminal acetylenes is 1. The molecule has 90 valence electrons. The number of rotatable bonds is 4. The molecule has 1 heterocycles. The summed E-state index contributed by atoms with van der Waals surface area (Å²) in [6.07, 6.45) is 6.56. The van der Waals surface area contributed by atoms with Crippen molar-refractivity contribution in [2.24, 2.45) is 0 Å². The number of anilines is 1. The lowest BCUT2D eigenvalue weighted by atomic mass is 10.1. The molecule has 1 aromatic heterocycles. The number of carbonyl (C=O) groups is 1. The van der Waals surface area contributed by atoms with E-state index in [0.29, 0.717) is 6.42 Å². The molecule has 3 heteroatoms. The van der Waals surface area contributed by atoms with Crippen LogP contribution in [0.2, 0.25) is 0 Å². The summed E-state index contributed by atoms with van der Waals surface area (Å²) in [5, 5.41) is 6.93. The number of aryl methyl sites for hydroxylation is 1. The summed E-state index contributed by atoms with van der Waals surface area (Å²) in [5.41, 5.74) is 2.72. The van der Waals surface area contributed by atoms with E-state index in [1.807, 2.05) is 29.6 Å². The van der Waals surface area contributed by atoms with Crippen LogP contribution in [-0.2, 0) is 11.2 Å². The number of benzene rings is 1. The third kappa shape index (κ3) is 3.47. The van der Waals surface area contributed by atoms with Gasteiger partial charge >= 0.3 is 0 Å². The van der Waals surface area contributed by atoms with Gasteiger partial charge in [-0.25, -0.2) is 0 Å². The lowest BCUT2D eigenvalue weighted by molar-refractivity contribution is -0.116. The van der Waals surface area contributed by atoms with Crippen molar-refractivity contribution in [3.8, 4) is 12.3 Å². The van der Waals surface area contributed by atoms with Crippen molar-refractivity contribution >= 4 is 22.9 Å². The third-order valence-electron chi connectivity index (χ3n) is 2.53. The Bertz CT molecular complexity index is 566. The number of carbonyl (C=O) groups excluding carboxylic acids is 1. The maximum atomic E-state index is 11.7. The SMILES string of the molecule is C#Cc1cccc(NC(=O)CCc2ccsc2)c1. The Balaban J connectivity index is 1.89. The van der Waals surface area contributed by atoms with Crippen molar-refractivity contribution in [3.63, 3.8) is 0 Å². The minimum absolute atomic E-state index is 0.00960. The highest BCUT2D eigenvalue weighted by molar-refractivity contribution is 7.07.